The largest absolute Gasteiger partial charge is 0.507 e. The van der Waals surface area contributed by atoms with Gasteiger partial charge in [-0.05, 0) is 106 Å². The van der Waals surface area contributed by atoms with E-state index in [2.05, 4.69) is 53.7 Å². The number of benzene rings is 2. The van der Waals surface area contributed by atoms with E-state index < -0.39 is 0 Å². The van der Waals surface area contributed by atoms with Gasteiger partial charge in [-0.1, -0.05) is 53.7 Å². The average molecular weight is 582 g/mol. The molecule has 0 atom stereocenters. The molecule has 2 N–H and O–H groups in total. The van der Waals surface area contributed by atoms with E-state index in [9.17, 15) is 19.0 Å². The third-order valence-corrected chi connectivity index (χ3v) is 7.21. The van der Waals surface area contributed by atoms with Crippen LogP contribution in [0.15, 0.2) is 70.8 Å². The summed E-state index contributed by atoms with van der Waals surface area (Å²) in [6, 6.07) is 8.19. The molecule has 0 fully saturated rings. The fraction of sp³-hybridized carbons (Fsp3) is 0.375. The Morgan fingerprint density at radius 3 is 1.32 bits per heavy atom. The van der Waals surface area contributed by atoms with Crippen molar-refractivity contribution in [2.24, 2.45) is 10.8 Å². The monoisotopic (exact) mass is 580 g/mol. The molecule has 0 aliphatic heterocycles. The summed E-state index contributed by atoms with van der Waals surface area (Å²) in [5.74, 6) is -0.597. The molecule has 194 valence electrons. The van der Waals surface area contributed by atoms with Gasteiger partial charge in [0.05, 0.1) is 0 Å². The third-order valence-electron chi connectivity index (χ3n) is 7.21. The number of rotatable bonds is 5. The molecule has 4 rings (SSSR count). The minimum atomic E-state index is -0.376. The zero-order valence-corrected chi connectivity index (χ0v) is 25.1. The van der Waals surface area contributed by atoms with E-state index in [4.69, 9.17) is 0 Å². The summed E-state index contributed by atoms with van der Waals surface area (Å²) in [5.41, 5.74) is 7.41. The second kappa shape index (κ2) is 10.8. The first-order chi connectivity index (χ1) is 16.8. The van der Waals surface area contributed by atoms with Crippen molar-refractivity contribution in [3.8, 4) is 11.5 Å². The van der Waals surface area contributed by atoms with Crippen molar-refractivity contribution in [2.45, 2.75) is 67.2 Å². The van der Waals surface area contributed by atoms with Gasteiger partial charge in [0, 0.05) is 37.3 Å². The Morgan fingerprint density at radius 2 is 1.00 bits per heavy atom. The molecule has 0 radical (unpaired) electrons. The number of phenolic OH excluding ortho intramolecular Hbond substituents is 2. The summed E-state index contributed by atoms with van der Waals surface area (Å²) in [5, 5.41) is 21.1. The first-order valence-electron chi connectivity index (χ1n) is 12.6. The Labute approximate surface area is 238 Å². The van der Waals surface area contributed by atoms with Crippen molar-refractivity contribution in [3.63, 3.8) is 0 Å². The van der Waals surface area contributed by atoms with E-state index in [1.807, 2.05) is 0 Å². The van der Waals surface area contributed by atoms with Crippen LogP contribution in [0.3, 0.4) is 0 Å². The van der Waals surface area contributed by atoms with Gasteiger partial charge in [-0.25, -0.2) is 8.78 Å². The Morgan fingerprint density at radius 1 is 0.649 bits per heavy atom. The van der Waals surface area contributed by atoms with Gasteiger partial charge in [0.25, 0.3) is 0 Å². The number of aromatic hydroxyl groups is 2. The fourth-order valence-electron chi connectivity index (χ4n) is 5.61. The number of hydrogen-bond donors (Lipinski definition) is 2. The molecular weight excluding hydrogens is 546 g/mol. The second-order valence-electron chi connectivity index (χ2n) is 11.9. The summed E-state index contributed by atoms with van der Waals surface area (Å²) in [7, 11) is 0. The smallest absolute Gasteiger partial charge is 0.124 e. The Kier molecular flexibility index (Phi) is 8.59. The van der Waals surface area contributed by atoms with Crippen molar-refractivity contribution in [2.75, 3.05) is 0 Å². The molecular formula is C32H36F2O2Zr. The van der Waals surface area contributed by atoms with Gasteiger partial charge in [-0.2, -0.15) is 0 Å². The van der Waals surface area contributed by atoms with Crippen LogP contribution in [0.25, 0.3) is 11.1 Å². The van der Waals surface area contributed by atoms with Crippen LogP contribution >= 0.6 is 0 Å². The van der Waals surface area contributed by atoms with Crippen LogP contribution in [-0.2, 0) is 26.2 Å². The molecule has 37 heavy (non-hydrogen) atoms. The molecule has 0 aromatic heterocycles. The molecule has 0 unspecified atom stereocenters. The van der Waals surface area contributed by atoms with E-state index in [1.54, 1.807) is 0 Å². The van der Waals surface area contributed by atoms with Crippen molar-refractivity contribution in [3.05, 3.63) is 93.6 Å². The van der Waals surface area contributed by atoms with Crippen LogP contribution in [0.5, 0.6) is 11.5 Å². The maximum atomic E-state index is 14.2. The topological polar surface area (TPSA) is 40.5 Å². The van der Waals surface area contributed by atoms with Crippen LogP contribution < -0.4 is 0 Å². The van der Waals surface area contributed by atoms with Crippen LogP contribution in [-0.4, -0.2) is 10.2 Å². The van der Waals surface area contributed by atoms with E-state index in [0.29, 0.717) is 36.8 Å². The number of hydrogen-bond acceptors (Lipinski definition) is 2. The number of phenols is 2. The molecule has 2 aliphatic carbocycles. The molecule has 2 aromatic carbocycles. The van der Waals surface area contributed by atoms with Gasteiger partial charge >= 0.3 is 0 Å². The summed E-state index contributed by atoms with van der Waals surface area (Å²) in [4.78, 5) is 0. The molecule has 0 amide bonds. The van der Waals surface area contributed by atoms with E-state index in [-0.39, 0.29) is 60.2 Å². The molecule has 2 aliphatic rings. The van der Waals surface area contributed by atoms with Gasteiger partial charge in [0.15, 0.2) is 0 Å². The summed E-state index contributed by atoms with van der Waals surface area (Å²) in [6.07, 6.45) is 7.04. The number of halogens is 2. The molecule has 2 nitrogen and oxygen atoms in total. The fourth-order valence-corrected chi connectivity index (χ4v) is 5.61. The predicted molar refractivity (Wildman–Crippen MR) is 144 cm³/mol. The quantitative estimate of drug-likeness (QED) is 0.370. The maximum absolute atomic E-state index is 14.2. The van der Waals surface area contributed by atoms with Crippen LogP contribution in [0, 0.1) is 22.5 Å². The molecule has 0 saturated carbocycles. The van der Waals surface area contributed by atoms with E-state index in [1.165, 1.54) is 47.5 Å². The average Bonchev–Trinajstić information content (AvgIpc) is 3.39. The van der Waals surface area contributed by atoms with E-state index in [0.717, 1.165) is 22.3 Å². The summed E-state index contributed by atoms with van der Waals surface area (Å²) in [6.45, 7) is 13.0. The zero-order chi connectivity index (χ0) is 26.4. The zero-order valence-electron chi connectivity index (χ0n) is 22.6. The molecule has 0 bridgehead atoms. The van der Waals surface area contributed by atoms with Crippen molar-refractivity contribution in [1.82, 2.24) is 0 Å². The number of allylic oxidation sites excluding steroid dienone is 8. The Balaban J connectivity index is 0.00000380. The first-order valence-corrected chi connectivity index (χ1v) is 12.6. The Bertz CT molecular complexity index is 1230. The summed E-state index contributed by atoms with van der Waals surface area (Å²) < 4.78 is 28.3. The minimum absolute atomic E-state index is 0. The van der Waals surface area contributed by atoms with Gasteiger partial charge in [-0.3, -0.25) is 0 Å². The standard InChI is InChI=1S/C32H36F2O2.Zr/c1-31(2,3)27-13-11-21(25-17-19(33)7-15-29(25)35)23(27)9-10-24-22(12-14-28(24)32(4,5)6)26-18-20(34)8-16-30(26)36;/h7-8,13-18,35-36H,9-12H2,1-6H3;. The third kappa shape index (κ3) is 6.09. The van der Waals surface area contributed by atoms with Crippen LogP contribution in [0.1, 0.15) is 78.4 Å². The van der Waals surface area contributed by atoms with Crippen LogP contribution in [0.4, 0.5) is 8.78 Å². The predicted octanol–water partition coefficient (Wildman–Crippen LogP) is 9.11. The van der Waals surface area contributed by atoms with Gasteiger partial charge < -0.3 is 10.2 Å². The van der Waals surface area contributed by atoms with Crippen molar-refractivity contribution >= 4 is 11.1 Å². The van der Waals surface area contributed by atoms with Crippen molar-refractivity contribution in [1.29, 1.82) is 0 Å². The second-order valence-corrected chi connectivity index (χ2v) is 11.9. The van der Waals surface area contributed by atoms with Crippen LogP contribution in [0.2, 0.25) is 0 Å². The van der Waals surface area contributed by atoms with E-state index >= 15 is 0 Å². The first kappa shape index (κ1) is 29.3. The summed E-state index contributed by atoms with van der Waals surface area (Å²) >= 11 is 0. The van der Waals surface area contributed by atoms with Crippen molar-refractivity contribution < 1.29 is 45.2 Å². The minimum Gasteiger partial charge on any atom is -0.507 e. The molecule has 5 heteroatoms. The van der Waals surface area contributed by atoms with Gasteiger partial charge in [0.1, 0.15) is 23.1 Å². The molecule has 2 aromatic rings. The molecule has 0 spiro atoms. The normalized spacial score (nSPS) is 16.2. The van der Waals surface area contributed by atoms with Gasteiger partial charge in [-0.15, -0.1) is 0 Å². The maximum Gasteiger partial charge on any atom is 0.124 e. The van der Waals surface area contributed by atoms with Gasteiger partial charge in [0.2, 0.25) is 0 Å². The molecule has 0 saturated heterocycles. The Hall–Kier alpha value is -2.26. The molecule has 0 heterocycles. The SMILES string of the molecule is CC(C)(C)C1=CCC(c2cc(F)ccc2O)=C1CCC1=C(c2cc(F)ccc2O)CC=C1C(C)(C)C.[Zr].